The predicted molar refractivity (Wildman–Crippen MR) is 70.1 cm³/mol. The van der Waals surface area contributed by atoms with Crippen LogP contribution in [-0.2, 0) is 0 Å². The van der Waals surface area contributed by atoms with Crippen LogP contribution in [0, 0.1) is 0 Å². The van der Waals surface area contributed by atoms with E-state index >= 15 is 0 Å². The first-order valence-electron chi connectivity index (χ1n) is 5.90. The van der Waals surface area contributed by atoms with Crippen LogP contribution >= 0.6 is 11.8 Å². The molecular formula is C13H19NOS. The second-order valence-electron chi connectivity index (χ2n) is 4.28. The Morgan fingerprint density at radius 1 is 1.25 bits per heavy atom. The Morgan fingerprint density at radius 2 is 2.00 bits per heavy atom. The number of ether oxygens (including phenoxy) is 1. The summed E-state index contributed by atoms with van der Waals surface area (Å²) < 4.78 is 5.24. The van der Waals surface area contributed by atoms with Gasteiger partial charge in [0, 0.05) is 10.1 Å². The van der Waals surface area contributed by atoms with E-state index in [-0.39, 0.29) is 0 Å². The van der Waals surface area contributed by atoms with Crippen molar-refractivity contribution in [1.82, 2.24) is 0 Å². The minimum Gasteiger partial charge on any atom is -0.495 e. The first-order valence-corrected chi connectivity index (χ1v) is 6.78. The summed E-state index contributed by atoms with van der Waals surface area (Å²) in [6, 6.07) is 6.08. The molecule has 0 aliphatic heterocycles. The van der Waals surface area contributed by atoms with Crippen LogP contribution in [0.1, 0.15) is 32.1 Å². The number of methoxy groups -OCH3 is 1. The van der Waals surface area contributed by atoms with Crippen LogP contribution in [0.5, 0.6) is 5.75 Å². The first kappa shape index (κ1) is 11.6. The van der Waals surface area contributed by atoms with Gasteiger partial charge in [0.05, 0.1) is 12.8 Å². The maximum atomic E-state index is 5.80. The van der Waals surface area contributed by atoms with Crippen LogP contribution in [0.2, 0.25) is 0 Å². The van der Waals surface area contributed by atoms with E-state index < -0.39 is 0 Å². The lowest BCUT2D eigenvalue weighted by molar-refractivity contribution is 0.416. The Hall–Kier alpha value is -0.830. The van der Waals surface area contributed by atoms with Crippen LogP contribution in [-0.4, -0.2) is 12.4 Å². The zero-order valence-corrected chi connectivity index (χ0v) is 10.6. The van der Waals surface area contributed by atoms with Gasteiger partial charge in [-0.05, 0) is 31.0 Å². The summed E-state index contributed by atoms with van der Waals surface area (Å²) in [7, 11) is 1.67. The molecule has 0 amide bonds. The van der Waals surface area contributed by atoms with Gasteiger partial charge < -0.3 is 10.5 Å². The largest absolute Gasteiger partial charge is 0.495 e. The zero-order chi connectivity index (χ0) is 11.4. The summed E-state index contributed by atoms with van der Waals surface area (Å²) in [5.74, 6) is 0.792. The van der Waals surface area contributed by atoms with Crippen molar-refractivity contribution >= 4 is 17.4 Å². The summed E-state index contributed by atoms with van der Waals surface area (Å²) in [4.78, 5) is 1.28. The Bertz CT molecular complexity index is 348. The number of rotatable bonds is 3. The van der Waals surface area contributed by atoms with E-state index in [0.717, 1.165) is 16.7 Å². The van der Waals surface area contributed by atoms with Crippen LogP contribution in [0.25, 0.3) is 0 Å². The number of hydrogen-bond acceptors (Lipinski definition) is 3. The van der Waals surface area contributed by atoms with E-state index in [0.29, 0.717) is 0 Å². The Morgan fingerprint density at radius 3 is 2.69 bits per heavy atom. The smallest absolute Gasteiger partial charge is 0.142 e. The fraction of sp³-hybridized carbons (Fsp3) is 0.538. The van der Waals surface area contributed by atoms with Gasteiger partial charge in [0.1, 0.15) is 5.75 Å². The molecular weight excluding hydrogens is 218 g/mol. The summed E-state index contributed by atoms with van der Waals surface area (Å²) in [6.07, 6.45) is 6.85. The fourth-order valence-electron chi connectivity index (χ4n) is 2.14. The third-order valence-electron chi connectivity index (χ3n) is 3.06. The number of nitrogens with two attached hydrogens (primary N) is 1. The second-order valence-corrected chi connectivity index (χ2v) is 5.66. The average Bonchev–Trinajstić information content (AvgIpc) is 2.33. The Balaban J connectivity index is 2.03. The van der Waals surface area contributed by atoms with E-state index in [4.69, 9.17) is 10.5 Å². The molecule has 0 unspecified atom stereocenters. The van der Waals surface area contributed by atoms with Crippen molar-refractivity contribution in [3.05, 3.63) is 18.2 Å². The summed E-state index contributed by atoms with van der Waals surface area (Å²) in [5.41, 5.74) is 6.52. The molecule has 0 atom stereocenters. The standard InChI is InChI=1S/C13H19NOS/c1-15-13-9-11(7-8-12(13)14)16-10-5-3-2-4-6-10/h7-10H,2-6,14H2,1H3. The molecule has 1 aliphatic rings. The molecule has 1 fully saturated rings. The molecule has 0 radical (unpaired) electrons. The third-order valence-corrected chi connectivity index (χ3v) is 4.39. The number of thioether (sulfide) groups is 1. The molecule has 2 nitrogen and oxygen atoms in total. The van der Waals surface area contributed by atoms with Crippen LogP contribution in [0.15, 0.2) is 23.1 Å². The lowest BCUT2D eigenvalue weighted by Gasteiger charge is -2.21. The lowest BCUT2D eigenvalue weighted by atomic mass is 10.0. The molecule has 1 aromatic carbocycles. The molecule has 2 rings (SSSR count). The highest BCUT2D eigenvalue weighted by molar-refractivity contribution is 8.00. The molecule has 0 saturated heterocycles. The van der Waals surface area contributed by atoms with Crippen LogP contribution < -0.4 is 10.5 Å². The van der Waals surface area contributed by atoms with E-state index in [1.807, 2.05) is 17.8 Å². The summed E-state index contributed by atoms with van der Waals surface area (Å²) >= 11 is 1.97. The maximum Gasteiger partial charge on any atom is 0.142 e. The van der Waals surface area contributed by atoms with Crippen molar-refractivity contribution in [2.75, 3.05) is 12.8 Å². The van der Waals surface area contributed by atoms with Gasteiger partial charge >= 0.3 is 0 Å². The highest BCUT2D eigenvalue weighted by Crippen LogP contribution is 2.36. The average molecular weight is 237 g/mol. The summed E-state index contributed by atoms with van der Waals surface area (Å²) in [5, 5.41) is 0.780. The van der Waals surface area contributed by atoms with Crippen molar-refractivity contribution in [3.63, 3.8) is 0 Å². The van der Waals surface area contributed by atoms with E-state index in [9.17, 15) is 0 Å². The number of hydrogen-bond donors (Lipinski definition) is 1. The van der Waals surface area contributed by atoms with Crippen molar-refractivity contribution in [2.24, 2.45) is 0 Å². The fourth-order valence-corrected chi connectivity index (χ4v) is 3.42. The van der Waals surface area contributed by atoms with Crippen molar-refractivity contribution in [2.45, 2.75) is 42.2 Å². The molecule has 16 heavy (non-hydrogen) atoms. The summed E-state index contributed by atoms with van der Waals surface area (Å²) in [6.45, 7) is 0. The second kappa shape index (κ2) is 5.48. The number of anilines is 1. The van der Waals surface area contributed by atoms with Gasteiger partial charge in [-0.25, -0.2) is 0 Å². The normalized spacial score (nSPS) is 17.3. The maximum absolute atomic E-state index is 5.80. The molecule has 1 aromatic rings. The van der Waals surface area contributed by atoms with Gasteiger partial charge in [0.15, 0.2) is 0 Å². The third kappa shape index (κ3) is 2.85. The van der Waals surface area contributed by atoms with Crippen LogP contribution in [0.3, 0.4) is 0 Å². The predicted octanol–water partition coefficient (Wildman–Crippen LogP) is 3.70. The minimum atomic E-state index is 0.718. The number of nitrogen functional groups attached to an aromatic ring is 1. The Kier molecular flexibility index (Phi) is 3.99. The number of benzene rings is 1. The molecule has 1 saturated carbocycles. The molecule has 0 bridgehead atoms. The first-order chi connectivity index (χ1) is 7.79. The van der Waals surface area contributed by atoms with E-state index in [2.05, 4.69) is 12.1 Å². The van der Waals surface area contributed by atoms with Crippen molar-refractivity contribution in [3.8, 4) is 5.75 Å². The monoisotopic (exact) mass is 237 g/mol. The molecule has 0 aromatic heterocycles. The van der Waals surface area contributed by atoms with Crippen molar-refractivity contribution in [1.29, 1.82) is 0 Å². The molecule has 0 spiro atoms. The molecule has 0 heterocycles. The molecule has 88 valence electrons. The molecule has 1 aliphatic carbocycles. The zero-order valence-electron chi connectivity index (χ0n) is 9.74. The SMILES string of the molecule is COc1cc(SC2CCCCC2)ccc1N. The van der Waals surface area contributed by atoms with Gasteiger partial charge in [0.25, 0.3) is 0 Å². The minimum absolute atomic E-state index is 0.718. The van der Waals surface area contributed by atoms with Crippen molar-refractivity contribution < 1.29 is 4.74 Å². The molecule has 2 N–H and O–H groups in total. The van der Waals surface area contributed by atoms with E-state index in [1.54, 1.807) is 7.11 Å². The molecule has 3 heteroatoms. The highest BCUT2D eigenvalue weighted by atomic mass is 32.2. The lowest BCUT2D eigenvalue weighted by Crippen LogP contribution is -2.07. The van der Waals surface area contributed by atoms with Gasteiger partial charge in [-0.2, -0.15) is 0 Å². The van der Waals surface area contributed by atoms with Gasteiger partial charge in [-0.3, -0.25) is 0 Å². The van der Waals surface area contributed by atoms with Gasteiger partial charge in [-0.15, -0.1) is 11.8 Å². The van der Waals surface area contributed by atoms with Crippen LogP contribution in [0.4, 0.5) is 5.69 Å². The topological polar surface area (TPSA) is 35.2 Å². The van der Waals surface area contributed by atoms with Gasteiger partial charge in [0.2, 0.25) is 0 Å². The highest BCUT2D eigenvalue weighted by Gasteiger charge is 2.15. The Labute approximate surface area is 102 Å². The van der Waals surface area contributed by atoms with E-state index in [1.165, 1.54) is 37.0 Å². The quantitative estimate of drug-likeness (QED) is 0.814. The van der Waals surface area contributed by atoms with Gasteiger partial charge in [-0.1, -0.05) is 19.3 Å².